The van der Waals surface area contributed by atoms with Crippen molar-refractivity contribution >= 4 is 27.3 Å². The van der Waals surface area contributed by atoms with E-state index in [2.05, 4.69) is 5.32 Å². The Morgan fingerprint density at radius 1 is 1.07 bits per heavy atom. The molecule has 164 valence electrons. The lowest BCUT2D eigenvalue weighted by molar-refractivity contribution is -0.137. The van der Waals surface area contributed by atoms with Gasteiger partial charge in [0.15, 0.2) is 0 Å². The van der Waals surface area contributed by atoms with Gasteiger partial charge in [0, 0.05) is 11.8 Å². The largest absolute Gasteiger partial charge is 0.497 e. The zero-order valence-electron chi connectivity index (χ0n) is 16.6. The number of rotatable bonds is 7. The van der Waals surface area contributed by atoms with Crippen LogP contribution in [0.1, 0.15) is 12.5 Å². The number of hydrogen-bond donors (Lipinski definition) is 1. The number of benzene rings is 2. The third kappa shape index (κ3) is 5.35. The van der Waals surface area contributed by atoms with Crippen LogP contribution in [0.3, 0.4) is 0 Å². The first-order chi connectivity index (χ1) is 13.9. The minimum absolute atomic E-state index is 0.0782. The monoisotopic (exact) mass is 446 g/mol. The second kappa shape index (κ2) is 8.82. The van der Waals surface area contributed by atoms with Crippen LogP contribution >= 0.6 is 0 Å². The second-order valence-electron chi connectivity index (χ2n) is 6.34. The average molecular weight is 446 g/mol. The van der Waals surface area contributed by atoms with Crippen molar-refractivity contribution in [1.82, 2.24) is 0 Å². The van der Waals surface area contributed by atoms with Crippen molar-refractivity contribution in [1.29, 1.82) is 0 Å². The predicted octanol–water partition coefficient (Wildman–Crippen LogP) is 3.52. The molecule has 0 aliphatic carbocycles. The van der Waals surface area contributed by atoms with E-state index in [1.54, 1.807) is 6.07 Å². The number of nitrogens with zero attached hydrogens (tertiary/aromatic N) is 1. The van der Waals surface area contributed by atoms with Crippen LogP contribution in [0.4, 0.5) is 24.5 Å². The van der Waals surface area contributed by atoms with E-state index in [1.807, 2.05) is 0 Å². The van der Waals surface area contributed by atoms with Gasteiger partial charge in [-0.25, -0.2) is 8.42 Å². The predicted molar refractivity (Wildman–Crippen MR) is 106 cm³/mol. The molecular formula is C19H21F3N2O5S. The number of methoxy groups -OCH3 is 2. The molecule has 0 aliphatic heterocycles. The van der Waals surface area contributed by atoms with Crippen LogP contribution in [0.5, 0.6) is 11.5 Å². The van der Waals surface area contributed by atoms with Crippen molar-refractivity contribution in [3.05, 3.63) is 48.0 Å². The van der Waals surface area contributed by atoms with E-state index in [0.29, 0.717) is 5.75 Å². The van der Waals surface area contributed by atoms with E-state index in [-0.39, 0.29) is 17.1 Å². The number of halogens is 3. The van der Waals surface area contributed by atoms with Gasteiger partial charge >= 0.3 is 6.18 Å². The Hall–Kier alpha value is -2.95. The van der Waals surface area contributed by atoms with Gasteiger partial charge in [-0.2, -0.15) is 13.2 Å². The van der Waals surface area contributed by atoms with Gasteiger partial charge in [0.2, 0.25) is 15.9 Å². The summed E-state index contributed by atoms with van der Waals surface area (Å²) in [7, 11) is -1.20. The van der Waals surface area contributed by atoms with Gasteiger partial charge in [0.05, 0.1) is 31.7 Å². The fraction of sp³-hybridized carbons (Fsp3) is 0.316. The molecule has 0 unspecified atom stereocenters. The third-order valence-electron chi connectivity index (χ3n) is 4.19. The smallest absolute Gasteiger partial charge is 0.416 e. The molecule has 0 aromatic heterocycles. The van der Waals surface area contributed by atoms with E-state index >= 15 is 0 Å². The molecule has 2 rings (SSSR count). The van der Waals surface area contributed by atoms with Crippen molar-refractivity contribution < 1.29 is 35.9 Å². The topological polar surface area (TPSA) is 84.9 Å². The Kier molecular flexibility index (Phi) is 6.86. The number of hydrogen-bond acceptors (Lipinski definition) is 5. The highest BCUT2D eigenvalue weighted by Gasteiger charge is 2.32. The lowest BCUT2D eigenvalue weighted by Gasteiger charge is -2.29. The van der Waals surface area contributed by atoms with Crippen LogP contribution in [-0.2, 0) is 21.0 Å². The Morgan fingerprint density at radius 2 is 1.67 bits per heavy atom. The summed E-state index contributed by atoms with van der Waals surface area (Å²) in [6.45, 7) is 1.35. The summed E-state index contributed by atoms with van der Waals surface area (Å²) >= 11 is 0. The molecule has 0 heterocycles. The highest BCUT2D eigenvalue weighted by atomic mass is 32.2. The summed E-state index contributed by atoms with van der Waals surface area (Å²) in [5.41, 5.74) is -0.701. The Balaban J connectivity index is 2.36. The SMILES string of the molecule is COc1ccc(OC)c(N([C@H](C)C(=O)Nc2ccc(C(F)(F)F)cc2)S(C)(=O)=O)c1. The van der Waals surface area contributed by atoms with Crippen molar-refractivity contribution in [2.75, 3.05) is 30.1 Å². The van der Waals surface area contributed by atoms with Crippen LogP contribution in [0.25, 0.3) is 0 Å². The van der Waals surface area contributed by atoms with Crippen LogP contribution in [-0.4, -0.2) is 40.8 Å². The molecule has 2 aromatic rings. The first kappa shape index (κ1) is 23.3. The molecule has 2 aromatic carbocycles. The Bertz CT molecular complexity index is 1010. The minimum atomic E-state index is -4.51. The Labute approximate surface area is 172 Å². The molecule has 30 heavy (non-hydrogen) atoms. The van der Waals surface area contributed by atoms with E-state index in [1.165, 1.54) is 33.3 Å². The fourth-order valence-electron chi connectivity index (χ4n) is 2.74. The van der Waals surface area contributed by atoms with Gasteiger partial charge in [0.25, 0.3) is 0 Å². The van der Waals surface area contributed by atoms with Crippen LogP contribution in [0, 0.1) is 0 Å². The van der Waals surface area contributed by atoms with E-state index < -0.39 is 33.7 Å². The maximum absolute atomic E-state index is 12.7. The van der Waals surface area contributed by atoms with E-state index in [4.69, 9.17) is 9.47 Å². The highest BCUT2D eigenvalue weighted by molar-refractivity contribution is 7.92. The van der Waals surface area contributed by atoms with Gasteiger partial charge in [-0.3, -0.25) is 9.10 Å². The number of amides is 1. The standard InChI is InChI=1S/C19H21F3N2O5S/c1-12(18(25)23-14-7-5-13(6-8-14)19(20,21)22)24(30(4,26)27)16-11-15(28-2)9-10-17(16)29-3/h5-12H,1-4H3,(H,23,25)/t12-/m1/s1. The number of carbonyl (C=O) groups excluding carboxylic acids is 1. The first-order valence-corrected chi connectivity index (χ1v) is 10.4. The highest BCUT2D eigenvalue weighted by Crippen LogP contribution is 2.35. The van der Waals surface area contributed by atoms with E-state index in [0.717, 1.165) is 34.8 Å². The number of sulfonamides is 1. The maximum atomic E-state index is 12.7. The zero-order valence-corrected chi connectivity index (χ0v) is 17.5. The van der Waals surface area contributed by atoms with Gasteiger partial charge in [0.1, 0.15) is 17.5 Å². The molecule has 0 fully saturated rings. The molecule has 0 radical (unpaired) electrons. The number of alkyl halides is 3. The molecule has 7 nitrogen and oxygen atoms in total. The molecule has 1 amide bonds. The van der Waals surface area contributed by atoms with Crippen molar-refractivity contribution in [2.24, 2.45) is 0 Å². The molecule has 0 aliphatic rings. The van der Waals surface area contributed by atoms with Gasteiger partial charge in [-0.15, -0.1) is 0 Å². The number of carbonyl (C=O) groups is 1. The number of ether oxygens (including phenoxy) is 2. The van der Waals surface area contributed by atoms with Crippen LogP contribution < -0.4 is 19.1 Å². The lowest BCUT2D eigenvalue weighted by Crippen LogP contribution is -2.45. The summed E-state index contributed by atoms with van der Waals surface area (Å²) in [6, 6.07) is 7.03. The second-order valence-corrected chi connectivity index (χ2v) is 8.20. The summed E-state index contributed by atoms with van der Waals surface area (Å²) < 4.78 is 74.2. The van der Waals surface area contributed by atoms with Gasteiger partial charge in [-0.1, -0.05) is 0 Å². The van der Waals surface area contributed by atoms with Crippen LogP contribution in [0.15, 0.2) is 42.5 Å². The summed E-state index contributed by atoms with van der Waals surface area (Å²) in [6.07, 6.45) is -3.58. The molecule has 0 saturated carbocycles. The normalized spacial score (nSPS) is 12.8. The first-order valence-electron chi connectivity index (χ1n) is 8.58. The third-order valence-corrected chi connectivity index (χ3v) is 5.42. The Morgan fingerprint density at radius 3 is 2.13 bits per heavy atom. The van der Waals surface area contributed by atoms with Crippen molar-refractivity contribution in [2.45, 2.75) is 19.1 Å². The van der Waals surface area contributed by atoms with Crippen molar-refractivity contribution in [3.8, 4) is 11.5 Å². The molecular weight excluding hydrogens is 425 g/mol. The average Bonchev–Trinajstić information content (AvgIpc) is 2.66. The number of anilines is 2. The molecule has 0 bridgehead atoms. The van der Waals surface area contributed by atoms with Crippen molar-refractivity contribution in [3.63, 3.8) is 0 Å². The molecule has 0 saturated heterocycles. The molecule has 11 heteroatoms. The maximum Gasteiger partial charge on any atom is 0.416 e. The van der Waals surface area contributed by atoms with Gasteiger partial charge in [-0.05, 0) is 43.3 Å². The lowest BCUT2D eigenvalue weighted by atomic mass is 10.2. The quantitative estimate of drug-likeness (QED) is 0.704. The number of nitrogens with one attached hydrogen (secondary N) is 1. The zero-order chi connectivity index (χ0) is 22.7. The van der Waals surface area contributed by atoms with Crippen LogP contribution in [0.2, 0.25) is 0 Å². The summed E-state index contributed by atoms with van der Waals surface area (Å²) in [4.78, 5) is 12.7. The summed E-state index contributed by atoms with van der Waals surface area (Å²) in [5.74, 6) is -0.213. The van der Waals surface area contributed by atoms with E-state index in [9.17, 15) is 26.4 Å². The molecule has 1 N–H and O–H groups in total. The molecule has 0 spiro atoms. The summed E-state index contributed by atoms with van der Waals surface area (Å²) in [5, 5.41) is 2.42. The van der Waals surface area contributed by atoms with Gasteiger partial charge < -0.3 is 14.8 Å². The fourth-order valence-corrected chi connectivity index (χ4v) is 3.91. The molecule has 1 atom stereocenters. The minimum Gasteiger partial charge on any atom is -0.497 e.